The Morgan fingerprint density at radius 2 is 1.92 bits per heavy atom. The molecule has 1 saturated heterocycles. The number of β-amino-alcohol motifs (C(OH)–C–C–N with tert-alkyl or cyclic N) is 1. The van der Waals surface area contributed by atoms with E-state index in [0.29, 0.717) is 12.5 Å². The van der Waals surface area contributed by atoms with Crippen molar-refractivity contribution >= 4 is 5.95 Å². The van der Waals surface area contributed by atoms with Gasteiger partial charge in [-0.1, -0.05) is 6.92 Å². The molecule has 0 aromatic carbocycles. The Morgan fingerprint density at radius 3 is 2.62 bits per heavy atom. The van der Waals surface area contributed by atoms with E-state index in [1.54, 1.807) is 12.4 Å². The van der Waals surface area contributed by atoms with Gasteiger partial charge in [0.25, 0.3) is 0 Å². The molecular formula is C18H25N5O. The number of nitrogens with zero attached hydrogens (tertiary/aromatic N) is 4. The molecule has 1 aliphatic heterocycles. The molecule has 128 valence electrons. The van der Waals surface area contributed by atoms with Crippen molar-refractivity contribution in [1.29, 1.82) is 0 Å². The molecular weight excluding hydrogens is 302 g/mol. The van der Waals surface area contributed by atoms with Crippen LogP contribution in [0.3, 0.4) is 0 Å². The summed E-state index contributed by atoms with van der Waals surface area (Å²) in [6.45, 7) is 5.36. The molecule has 1 aliphatic rings. The number of anilines is 1. The summed E-state index contributed by atoms with van der Waals surface area (Å²) in [7, 11) is 0. The van der Waals surface area contributed by atoms with Crippen LogP contribution in [0.4, 0.5) is 5.95 Å². The van der Waals surface area contributed by atoms with Gasteiger partial charge in [-0.2, -0.15) is 0 Å². The second kappa shape index (κ2) is 8.17. The molecule has 0 spiro atoms. The zero-order valence-corrected chi connectivity index (χ0v) is 14.1. The van der Waals surface area contributed by atoms with E-state index in [4.69, 9.17) is 0 Å². The first-order valence-electron chi connectivity index (χ1n) is 8.58. The molecule has 1 fully saturated rings. The van der Waals surface area contributed by atoms with Crippen LogP contribution in [-0.2, 0) is 13.0 Å². The SMILES string of the molecule is CCCNc1ncc(CN2C[C@@H](Cc3ccncc3)[C@H](O)C2)cn1. The number of nitrogens with one attached hydrogen (secondary N) is 1. The Hall–Kier alpha value is -2.05. The van der Waals surface area contributed by atoms with Crippen LogP contribution in [0.2, 0.25) is 0 Å². The van der Waals surface area contributed by atoms with Crippen LogP contribution >= 0.6 is 0 Å². The van der Waals surface area contributed by atoms with E-state index in [1.807, 2.05) is 24.5 Å². The monoisotopic (exact) mass is 327 g/mol. The van der Waals surface area contributed by atoms with Crippen LogP contribution in [0.5, 0.6) is 0 Å². The summed E-state index contributed by atoms with van der Waals surface area (Å²) in [6, 6.07) is 4.04. The molecule has 2 aromatic heterocycles. The van der Waals surface area contributed by atoms with Crippen molar-refractivity contribution in [3.63, 3.8) is 0 Å². The van der Waals surface area contributed by atoms with Gasteiger partial charge >= 0.3 is 0 Å². The minimum absolute atomic E-state index is 0.263. The summed E-state index contributed by atoms with van der Waals surface area (Å²) in [6.07, 6.45) is 9.00. The van der Waals surface area contributed by atoms with E-state index in [-0.39, 0.29) is 12.0 Å². The van der Waals surface area contributed by atoms with Crippen molar-refractivity contribution in [1.82, 2.24) is 19.9 Å². The lowest BCUT2D eigenvalue weighted by Gasteiger charge is -2.15. The number of pyridine rings is 1. The summed E-state index contributed by atoms with van der Waals surface area (Å²) in [4.78, 5) is 15.0. The molecule has 2 atom stereocenters. The first-order valence-corrected chi connectivity index (χ1v) is 8.58. The lowest BCUT2D eigenvalue weighted by molar-refractivity contribution is 0.141. The van der Waals surface area contributed by atoms with Crippen molar-refractivity contribution in [2.24, 2.45) is 5.92 Å². The largest absolute Gasteiger partial charge is 0.391 e. The number of aliphatic hydroxyl groups is 1. The number of hydrogen-bond acceptors (Lipinski definition) is 6. The summed E-state index contributed by atoms with van der Waals surface area (Å²) in [5.41, 5.74) is 2.30. The van der Waals surface area contributed by atoms with Gasteiger partial charge in [0.15, 0.2) is 0 Å². The summed E-state index contributed by atoms with van der Waals surface area (Å²) >= 11 is 0. The fraction of sp³-hybridized carbons (Fsp3) is 0.500. The smallest absolute Gasteiger partial charge is 0.222 e. The molecule has 24 heavy (non-hydrogen) atoms. The lowest BCUT2D eigenvalue weighted by Crippen LogP contribution is -2.21. The Labute approximate surface area is 143 Å². The highest BCUT2D eigenvalue weighted by molar-refractivity contribution is 5.24. The van der Waals surface area contributed by atoms with Crippen molar-refractivity contribution in [2.45, 2.75) is 32.4 Å². The molecule has 0 radical (unpaired) electrons. The summed E-state index contributed by atoms with van der Waals surface area (Å²) in [5, 5.41) is 13.5. The fourth-order valence-corrected chi connectivity index (χ4v) is 3.12. The predicted octanol–water partition coefficient (Wildman–Crippen LogP) is 1.73. The van der Waals surface area contributed by atoms with Crippen LogP contribution in [0.1, 0.15) is 24.5 Å². The highest BCUT2D eigenvalue weighted by atomic mass is 16.3. The first-order chi connectivity index (χ1) is 11.7. The van der Waals surface area contributed by atoms with Crippen LogP contribution in [0, 0.1) is 5.92 Å². The van der Waals surface area contributed by atoms with E-state index in [0.717, 1.165) is 38.0 Å². The second-order valence-electron chi connectivity index (χ2n) is 6.42. The Morgan fingerprint density at radius 1 is 1.17 bits per heavy atom. The number of aromatic nitrogens is 3. The van der Waals surface area contributed by atoms with Gasteiger partial charge in [-0.25, -0.2) is 9.97 Å². The summed E-state index contributed by atoms with van der Waals surface area (Å²) in [5.74, 6) is 0.941. The number of likely N-dealkylation sites (tertiary alicyclic amines) is 1. The molecule has 0 amide bonds. The first kappa shape index (κ1) is 16.8. The number of hydrogen-bond donors (Lipinski definition) is 2. The zero-order valence-electron chi connectivity index (χ0n) is 14.1. The molecule has 0 unspecified atom stereocenters. The highest BCUT2D eigenvalue weighted by Crippen LogP contribution is 2.22. The van der Waals surface area contributed by atoms with Gasteiger partial charge in [0.05, 0.1) is 6.10 Å². The van der Waals surface area contributed by atoms with Gasteiger partial charge in [-0.3, -0.25) is 9.88 Å². The van der Waals surface area contributed by atoms with Crippen LogP contribution in [-0.4, -0.2) is 50.7 Å². The average Bonchev–Trinajstić information content (AvgIpc) is 2.94. The normalized spacial score (nSPS) is 21.1. The second-order valence-corrected chi connectivity index (χ2v) is 6.42. The number of aliphatic hydroxyl groups excluding tert-OH is 1. The van der Waals surface area contributed by atoms with Gasteiger partial charge in [0.1, 0.15) is 0 Å². The quantitative estimate of drug-likeness (QED) is 0.807. The molecule has 2 N–H and O–H groups in total. The fourth-order valence-electron chi connectivity index (χ4n) is 3.12. The van der Waals surface area contributed by atoms with Crippen molar-refractivity contribution < 1.29 is 5.11 Å². The summed E-state index contributed by atoms with van der Waals surface area (Å²) < 4.78 is 0. The Kier molecular flexibility index (Phi) is 5.72. The Balaban J connectivity index is 1.53. The van der Waals surface area contributed by atoms with E-state index in [1.165, 1.54) is 5.56 Å². The van der Waals surface area contributed by atoms with Crippen LogP contribution in [0.25, 0.3) is 0 Å². The molecule has 3 heterocycles. The predicted molar refractivity (Wildman–Crippen MR) is 93.5 cm³/mol. The van der Waals surface area contributed by atoms with E-state index >= 15 is 0 Å². The molecule has 6 heteroatoms. The third-order valence-corrected chi connectivity index (χ3v) is 4.37. The number of rotatable bonds is 7. The van der Waals surface area contributed by atoms with Crippen molar-refractivity contribution in [2.75, 3.05) is 25.0 Å². The molecule has 0 saturated carbocycles. The molecule has 0 bridgehead atoms. The van der Waals surface area contributed by atoms with E-state index < -0.39 is 0 Å². The zero-order chi connectivity index (χ0) is 16.8. The minimum Gasteiger partial charge on any atom is -0.391 e. The van der Waals surface area contributed by atoms with Gasteiger partial charge in [-0.05, 0) is 30.5 Å². The van der Waals surface area contributed by atoms with E-state index in [2.05, 4.69) is 32.1 Å². The highest BCUT2D eigenvalue weighted by Gasteiger charge is 2.31. The standard InChI is InChI=1S/C18H25N5O/c1-2-5-20-18-21-9-15(10-22-18)11-23-12-16(17(24)13-23)8-14-3-6-19-7-4-14/h3-4,6-7,9-10,16-17,24H,2,5,8,11-13H2,1H3,(H,20,21,22)/t16-,17-/m1/s1. The van der Waals surface area contributed by atoms with E-state index in [9.17, 15) is 5.11 Å². The molecule has 3 rings (SSSR count). The van der Waals surface area contributed by atoms with Crippen molar-refractivity contribution in [3.8, 4) is 0 Å². The average molecular weight is 327 g/mol. The van der Waals surface area contributed by atoms with Crippen molar-refractivity contribution in [3.05, 3.63) is 48.0 Å². The minimum atomic E-state index is -0.287. The topological polar surface area (TPSA) is 74.2 Å². The van der Waals surface area contributed by atoms with Gasteiger partial charge in [-0.15, -0.1) is 0 Å². The molecule has 2 aromatic rings. The van der Waals surface area contributed by atoms with Crippen LogP contribution in [0.15, 0.2) is 36.9 Å². The maximum absolute atomic E-state index is 10.3. The van der Waals surface area contributed by atoms with Gasteiger partial charge < -0.3 is 10.4 Å². The van der Waals surface area contributed by atoms with Gasteiger partial charge in [0.2, 0.25) is 5.95 Å². The lowest BCUT2D eigenvalue weighted by atomic mass is 9.97. The maximum Gasteiger partial charge on any atom is 0.222 e. The maximum atomic E-state index is 10.3. The van der Waals surface area contributed by atoms with Crippen LogP contribution < -0.4 is 5.32 Å². The molecule has 0 aliphatic carbocycles. The van der Waals surface area contributed by atoms with Gasteiger partial charge in [0, 0.05) is 62.4 Å². The third-order valence-electron chi connectivity index (χ3n) is 4.37. The molecule has 6 nitrogen and oxygen atoms in total. The third kappa shape index (κ3) is 4.49. The Bertz CT molecular complexity index is 619.